The molecule has 0 saturated carbocycles. The van der Waals surface area contributed by atoms with Crippen molar-refractivity contribution >= 4 is 33.2 Å². The number of oxazole rings is 1. The van der Waals surface area contributed by atoms with E-state index in [1.54, 1.807) is 24.4 Å². The number of nitrogens with one attached hydrogen (secondary N) is 1. The SMILES string of the molecule is Cc1cc(S(=O)(=O)N(C)C)cc(NC(=O)CCc2ncc(-c3ccc(Cl)cc3)o2)c1C. The Bertz CT molecular complexity index is 1200. The van der Waals surface area contributed by atoms with Crippen LogP contribution in [0.4, 0.5) is 5.69 Å². The Hall–Kier alpha value is -2.68. The third-order valence-corrected chi connectivity index (χ3v) is 6.99. The van der Waals surface area contributed by atoms with Gasteiger partial charge in [0.05, 0.1) is 11.1 Å². The molecule has 31 heavy (non-hydrogen) atoms. The number of anilines is 1. The van der Waals surface area contributed by atoms with E-state index in [4.69, 9.17) is 16.0 Å². The maximum atomic E-state index is 12.5. The zero-order valence-electron chi connectivity index (χ0n) is 17.8. The molecule has 0 saturated heterocycles. The molecule has 0 unspecified atom stereocenters. The zero-order chi connectivity index (χ0) is 22.8. The summed E-state index contributed by atoms with van der Waals surface area (Å²) < 4.78 is 31.8. The summed E-state index contributed by atoms with van der Waals surface area (Å²) in [6.07, 6.45) is 2.07. The fourth-order valence-electron chi connectivity index (χ4n) is 2.92. The van der Waals surface area contributed by atoms with Gasteiger partial charge in [-0.2, -0.15) is 0 Å². The molecule has 0 aliphatic carbocycles. The van der Waals surface area contributed by atoms with Crippen molar-refractivity contribution in [2.45, 2.75) is 31.6 Å². The fraction of sp³-hybridized carbons (Fsp3) is 0.273. The molecule has 0 atom stereocenters. The Morgan fingerprint density at radius 3 is 2.48 bits per heavy atom. The quantitative estimate of drug-likeness (QED) is 0.561. The van der Waals surface area contributed by atoms with Gasteiger partial charge in [-0.25, -0.2) is 17.7 Å². The number of nitrogens with zero attached hydrogens (tertiary/aromatic N) is 2. The lowest BCUT2D eigenvalue weighted by Crippen LogP contribution is -2.23. The predicted octanol–water partition coefficient (Wildman–Crippen LogP) is 4.43. The number of aryl methyl sites for hydroxylation is 2. The molecule has 0 aliphatic rings. The Labute approximate surface area is 187 Å². The first-order chi connectivity index (χ1) is 14.6. The van der Waals surface area contributed by atoms with Crippen LogP contribution in [0.25, 0.3) is 11.3 Å². The summed E-state index contributed by atoms with van der Waals surface area (Å²) in [5.74, 6) is 0.783. The Kier molecular flexibility index (Phi) is 6.83. The van der Waals surface area contributed by atoms with Crippen molar-refractivity contribution in [3.05, 3.63) is 64.6 Å². The summed E-state index contributed by atoms with van der Waals surface area (Å²) in [5.41, 5.74) is 2.91. The normalized spacial score (nSPS) is 11.7. The summed E-state index contributed by atoms with van der Waals surface area (Å²) in [5, 5.41) is 3.44. The molecule has 1 heterocycles. The minimum absolute atomic E-state index is 0.135. The van der Waals surface area contributed by atoms with Crippen LogP contribution in [0.5, 0.6) is 0 Å². The minimum atomic E-state index is -3.61. The third-order valence-electron chi connectivity index (χ3n) is 4.94. The number of amides is 1. The summed E-state index contributed by atoms with van der Waals surface area (Å²) in [7, 11) is -0.668. The Morgan fingerprint density at radius 1 is 1.16 bits per heavy atom. The van der Waals surface area contributed by atoms with Gasteiger partial charge in [0.15, 0.2) is 11.7 Å². The molecule has 9 heteroatoms. The Balaban J connectivity index is 1.69. The lowest BCUT2D eigenvalue weighted by Gasteiger charge is -2.16. The number of sulfonamides is 1. The van der Waals surface area contributed by atoms with Crippen molar-refractivity contribution in [2.24, 2.45) is 0 Å². The number of rotatable bonds is 7. The monoisotopic (exact) mass is 461 g/mol. The summed E-state index contributed by atoms with van der Waals surface area (Å²) in [6.45, 7) is 3.65. The molecule has 7 nitrogen and oxygen atoms in total. The number of benzene rings is 2. The molecule has 0 spiro atoms. The van der Waals surface area contributed by atoms with E-state index in [1.165, 1.54) is 20.2 Å². The molecule has 0 fully saturated rings. The van der Waals surface area contributed by atoms with Crippen molar-refractivity contribution in [3.63, 3.8) is 0 Å². The molecule has 0 bridgehead atoms. The third kappa shape index (κ3) is 5.33. The second-order valence-corrected chi connectivity index (χ2v) is 9.96. The molecule has 0 radical (unpaired) electrons. The molecular formula is C22H24ClN3O4S. The smallest absolute Gasteiger partial charge is 0.242 e. The van der Waals surface area contributed by atoms with Crippen molar-refractivity contribution in [1.82, 2.24) is 9.29 Å². The number of carbonyl (C=O) groups excluding carboxylic acids is 1. The highest BCUT2D eigenvalue weighted by molar-refractivity contribution is 7.89. The van der Waals surface area contributed by atoms with E-state index in [9.17, 15) is 13.2 Å². The van der Waals surface area contributed by atoms with Gasteiger partial charge >= 0.3 is 0 Å². The summed E-state index contributed by atoms with van der Waals surface area (Å²) in [6, 6.07) is 10.3. The maximum absolute atomic E-state index is 12.5. The van der Waals surface area contributed by atoms with E-state index >= 15 is 0 Å². The van der Waals surface area contributed by atoms with Gasteiger partial charge in [-0.1, -0.05) is 11.6 Å². The first-order valence-corrected chi connectivity index (χ1v) is 11.4. The molecule has 3 rings (SSSR count). The van der Waals surface area contributed by atoms with Crippen molar-refractivity contribution < 1.29 is 17.6 Å². The van der Waals surface area contributed by atoms with E-state index in [0.29, 0.717) is 28.8 Å². The lowest BCUT2D eigenvalue weighted by atomic mass is 10.1. The topological polar surface area (TPSA) is 92.5 Å². The van der Waals surface area contributed by atoms with Gasteiger partial charge in [0.1, 0.15) is 0 Å². The van der Waals surface area contributed by atoms with E-state index in [1.807, 2.05) is 26.0 Å². The molecule has 3 aromatic rings. The summed E-state index contributed by atoms with van der Waals surface area (Å²) >= 11 is 5.90. The molecule has 1 aromatic heterocycles. The standard InChI is InChI=1S/C22H24ClN3O4S/c1-14-11-18(31(28,29)26(3)4)12-19(15(14)2)25-21(27)9-10-22-24-13-20(30-22)16-5-7-17(23)8-6-16/h5-8,11-13H,9-10H2,1-4H3,(H,25,27). The van der Waals surface area contributed by atoms with Crippen LogP contribution < -0.4 is 5.32 Å². The van der Waals surface area contributed by atoms with Crippen molar-refractivity contribution in [3.8, 4) is 11.3 Å². The number of aromatic nitrogens is 1. The van der Waals surface area contributed by atoms with E-state index in [2.05, 4.69) is 10.3 Å². The molecule has 1 amide bonds. The molecule has 164 valence electrons. The predicted molar refractivity (Wildman–Crippen MR) is 121 cm³/mol. The molecular weight excluding hydrogens is 438 g/mol. The van der Waals surface area contributed by atoms with Gasteiger partial charge in [0, 0.05) is 43.2 Å². The van der Waals surface area contributed by atoms with Crippen LogP contribution in [0.1, 0.15) is 23.4 Å². The molecule has 0 aliphatic heterocycles. The number of carbonyl (C=O) groups is 1. The van der Waals surface area contributed by atoms with Gasteiger partial charge < -0.3 is 9.73 Å². The van der Waals surface area contributed by atoms with Crippen LogP contribution in [0.15, 0.2) is 51.9 Å². The average Bonchev–Trinajstić information content (AvgIpc) is 3.19. The van der Waals surface area contributed by atoms with E-state index < -0.39 is 10.0 Å². The van der Waals surface area contributed by atoms with Crippen molar-refractivity contribution in [1.29, 1.82) is 0 Å². The highest BCUT2D eigenvalue weighted by atomic mass is 35.5. The van der Waals surface area contributed by atoms with E-state index in [-0.39, 0.29) is 17.2 Å². The van der Waals surface area contributed by atoms with Crippen LogP contribution in [0, 0.1) is 13.8 Å². The summed E-state index contributed by atoms with van der Waals surface area (Å²) in [4.78, 5) is 16.9. The second-order valence-electron chi connectivity index (χ2n) is 7.37. The zero-order valence-corrected chi connectivity index (χ0v) is 19.3. The van der Waals surface area contributed by atoms with Gasteiger partial charge in [-0.15, -0.1) is 0 Å². The minimum Gasteiger partial charge on any atom is -0.441 e. The van der Waals surface area contributed by atoms with Crippen molar-refractivity contribution in [2.75, 3.05) is 19.4 Å². The van der Waals surface area contributed by atoms with Gasteiger partial charge in [0.2, 0.25) is 15.9 Å². The van der Waals surface area contributed by atoms with E-state index in [0.717, 1.165) is 21.0 Å². The van der Waals surface area contributed by atoms with Gasteiger partial charge in [-0.3, -0.25) is 4.79 Å². The first kappa shape index (κ1) is 23.0. The average molecular weight is 462 g/mol. The van der Waals surface area contributed by atoms with Gasteiger partial charge in [0.25, 0.3) is 0 Å². The van der Waals surface area contributed by atoms with Crippen LogP contribution in [0.3, 0.4) is 0 Å². The molecule has 2 aromatic carbocycles. The Morgan fingerprint density at radius 2 is 1.84 bits per heavy atom. The number of hydrogen-bond acceptors (Lipinski definition) is 5. The lowest BCUT2D eigenvalue weighted by molar-refractivity contribution is -0.116. The second kappa shape index (κ2) is 9.21. The van der Waals surface area contributed by atoms with Gasteiger partial charge in [-0.05, 0) is 61.4 Å². The fourth-order valence-corrected chi connectivity index (χ4v) is 4.06. The van der Waals surface area contributed by atoms with Crippen LogP contribution in [-0.2, 0) is 21.2 Å². The highest BCUT2D eigenvalue weighted by Gasteiger charge is 2.20. The molecule has 1 N–H and O–H groups in total. The largest absolute Gasteiger partial charge is 0.441 e. The maximum Gasteiger partial charge on any atom is 0.242 e. The number of hydrogen-bond donors (Lipinski definition) is 1. The van der Waals surface area contributed by atoms with Crippen LogP contribution in [-0.4, -0.2) is 37.7 Å². The first-order valence-electron chi connectivity index (χ1n) is 9.62. The van der Waals surface area contributed by atoms with Crippen LogP contribution >= 0.6 is 11.6 Å². The van der Waals surface area contributed by atoms with Crippen LogP contribution in [0.2, 0.25) is 5.02 Å². The number of halogens is 1. The highest BCUT2D eigenvalue weighted by Crippen LogP contribution is 2.26.